The summed E-state index contributed by atoms with van der Waals surface area (Å²) in [5, 5.41) is 0. The van der Waals surface area contributed by atoms with Crippen LogP contribution in [0.25, 0.3) is 0 Å². The zero-order chi connectivity index (χ0) is 13.2. The van der Waals surface area contributed by atoms with Gasteiger partial charge in [-0.1, -0.05) is 36.4 Å². The molecule has 3 heteroatoms. The van der Waals surface area contributed by atoms with Crippen molar-refractivity contribution in [3.05, 3.63) is 59.7 Å². The lowest BCUT2D eigenvalue weighted by Gasteiger charge is -2.26. The van der Waals surface area contributed by atoms with E-state index in [0.29, 0.717) is 6.61 Å². The van der Waals surface area contributed by atoms with Gasteiger partial charge < -0.3 is 9.47 Å². The third kappa shape index (κ3) is 1.97. The van der Waals surface area contributed by atoms with E-state index in [9.17, 15) is 4.79 Å². The van der Waals surface area contributed by atoms with Gasteiger partial charge in [-0.05, 0) is 19.1 Å². The standard InChI is InChI=1S/C16H14O3/c1-2-18-16(17)15-11-7-3-5-9-13(11)19-14-10-6-4-8-12(14)15/h3-10,15H,2H2,1H3. The first kappa shape index (κ1) is 11.8. The summed E-state index contributed by atoms with van der Waals surface area (Å²) in [5.74, 6) is 0.810. The largest absolute Gasteiger partial charge is 0.465 e. The number of fused-ring (bicyclic) bond motifs is 2. The highest BCUT2D eigenvalue weighted by atomic mass is 16.5. The number of ether oxygens (including phenoxy) is 2. The van der Waals surface area contributed by atoms with Crippen molar-refractivity contribution in [3.8, 4) is 11.5 Å². The quantitative estimate of drug-likeness (QED) is 0.769. The van der Waals surface area contributed by atoms with Crippen molar-refractivity contribution in [1.82, 2.24) is 0 Å². The molecule has 96 valence electrons. The molecule has 1 heterocycles. The Morgan fingerprint density at radius 2 is 1.58 bits per heavy atom. The monoisotopic (exact) mass is 254 g/mol. The van der Waals surface area contributed by atoms with Gasteiger partial charge in [-0.25, -0.2) is 0 Å². The average molecular weight is 254 g/mol. The molecule has 0 unspecified atom stereocenters. The van der Waals surface area contributed by atoms with E-state index in [1.165, 1.54) is 0 Å². The molecule has 0 radical (unpaired) electrons. The van der Waals surface area contributed by atoms with Crippen LogP contribution in [0.1, 0.15) is 24.0 Å². The lowest BCUT2D eigenvalue weighted by molar-refractivity contribution is -0.144. The Hall–Kier alpha value is -2.29. The van der Waals surface area contributed by atoms with Crippen LogP contribution in [0.3, 0.4) is 0 Å². The van der Waals surface area contributed by atoms with E-state index in [1.54, 1.807) is 0 Å². The Kier molecular flexibility index (Phi) is 2.95. The number of benzene rings is 2. The molecule has 2 aromatic rings. The molecule has 0 bridgehead atoms. The Morgan fingerprint density at radius 1 is 1.05 bits per heavy atom. The highest BCUT2D eigenvalue weighted by Gasteiger charge is 2.33. The van der Waals surface area contributed by atoms with E-state index in [1.807, 2.05) is 55.5 Å². The summed E-state index contributed by atoms with van der Waals surface area (Å²) in [5.41, 5.74) is 1.72. The maximum absolute atomic E-state index is 12.2. The predicted octanol–water partition coefficient (Wildman–Crippen LogP) is 3.49. The van der Waals surface area contributed by atoms with Crippen LogP contribution < -0.4 is 4.74 Å². The van der Waals surface area contributed by atoms with Crippen LogP contribution in [0, 0.1) is 0 Å². The fourth-order valence-corrected chi connectivity index (χ4v) is 2.39. The molecule has 0 fully saturated rings. The molecule has 0 N–H and O–H groups in total. The van der Waals surface area contributed by atoms with Crippen LogP contribution in [0.15, 0.2) is 48.5 Å². The van der Waals surface area contributed by atoms with E-state index >= 15 is 0 Å². The number of esters is 1. The van der Waals surface area contributed by atoms with Crippen LogP contribution in [0.5, 0.6) is 11.5 Å². The number of carbonyl (C=O) groups is 1. The smallest absolute Gasteiger partial charge is 0.318 e. The molecule has 0 saturated carbocycles. The van der Waals surface area contributed by atoms with Crippen molar-refractivity contribution >= 4 is 5.97 Å². The summed E-state index contributed by atoms with van der Waals surface area (Å²) >= 11 is 0. The maximum Gasteiger partial charge on any atom is 0.318 e. The Morgan fingerprint density at radius 3 is 2.11 bits per heavy atom. The number of hydrogen-bond acceptors (Lipinski definition) is 3. The van der Waals surface area contributed by atoms with Crippen molar-refractivity contribution in [2.24, 2.45) is 0 Å². The first-order valence-electron chi connectivity index (χ1n) is 6.33. The lowest BCUT2D eigenvalue weighted by atomic mass is 9.88. The van der Waals surface area contributed by atoms with Gasteiger partial charge >= 0.3 is 5.97 Å². The molecule has 1 aliphatic rings. The number of para-hydroxylation sites is 2. The lowest BCUT2D eigenvalue weighted by Crippen LogP contribution is -2.21. The van der Waals surface area contributed by atoms with Crippen molar-refractivity contribution in [2.75, 3.05) is 6.61 Å². The molecule has 0 amide bonds. The Labute approximate surface area is 111 Å². The summed E-state index contributed by atoms with van der Waals surface area (Å²) in [6.07, 6.45) is 0. The van der Waals surface area contributed by atoms with Crippen molar-refractivity contribution < 1.29 is 14.3 Å². The topological polar surface area (TPSA) is 35.5 Å². The zero-order valence-corrected chi connectivity index (χ0v) is 10.6. The van der Waals surface area contributed by atoms with Gasteiger partial charge in [0.15, 0.2) is 0 Å². The Bertz CT molecular complexity index is 573. The van der Waals surface area contributed by atoms with Crippen LogP contribution >= 0.6 is 0 Å². The molecular formula is C16H14O3. The maximum atomic E-state index is 12.2. The van der Waals surface area contributed by atoms with Crippen molar-refractivity contribution in [1.29, 1.82) is 0 Å². The molecule has 0 atom stereocenters. The molecule has 1 aliphatic heterocycles. The summed E-state index contributed by atoms with van der Waals surface area (Å²) in [6, 6.07) is 15.2. The zero-order valence-electron chi connectivity index (χ0n) is 10.6. The second-order valence-corrected chi connectivity index (χ2v) is 4.36. The Balaban J connectivity index is 2.14. The van der Waals surface area contributed by atoms with Gasteiger partial charge in [-0.15, -0.1) is 0 Å². The second kappa shape index (κ2) is 4.76. The molecule has 3 rings (SSSR count). The van der Waals surface area contributed by atoms with Gasteiger partial charge in [0.25, 0.3) is 0 Å². The minimum atomic E-state index is -0.402. The second-order valence-electron chi connectivity index (χ2n) is 4.36. The van der Waals surface area contributed by atoms with Crippen molar-refractivity contribution in [2.45, 2.75) is 12.8 Å². The molecule has 3 nitrogen and oxygen atoms in total. The van der Waals surface area contributed by atoms with Gasteiger partial charge in [0.1, 0.15) is 17.4 Å². The number of hydrogen-bond donors (Lipinski definition) is 0. The minimum absolute atomic E-state index is 0.231. The summed E-state index contributed by atoms with van der Waals surface area (Å²) in [4.78, 5) is 12.2. The predicted molar refractivity (Wildman–Crippen MR) is 71.4 cm³/mol. The highest BCUT2D eigenvalue weighted by molar-refractivity contribution is 5.85. The molecule has 2 aromatic carbocycles. The SMILES string of the molecule is CCOC(=O)C1c2ccccc2Oc2ccccc21. The first-order valence-corrected chi connectivity index (χ1v) is 6.33. The van der Waals surface area contributed by atoms with Gasteiger partial charge in [-0.2, -0.15) is 0 Å². The van der Waals surface area contributed by atoms with E-state index in [0.717, 1.165) is 22.6 Å². The van der Waals surface area contributed by atoms with E-state index in [4.69, 9.17) is 9.47 Å². The average Bonchev–Trinajstić information content (AvgIpc) is 2.44. The van der Waals surface area contributed by atoms with E-state index in [-0.39, 0.29) is 5.97 Å². The fourth-order valence-electron chi connectivity index (χ4n) is 2.39. The van der Waals surface area contributed by atoms with Crippen molar-refractivity contribution in [3.63, 3.8) is 0 Å². The van der Waals surface area contributed by atoms with Gasteiger partial charge in [0.2, 0.25) is 0 Å². The molecule has 0 aromatic heterocycles. The van der Waals surface area contributed by atoms with Crippen LogP contribution in [0.2, 0.25) is 0 Å². The minimum Gasteiger partial charge on any atom is -0.465 e. The molecule has 0 saturated heterocycles. The summed E-state index contributed by atoms with van der Waals surface area (Å²) in [7, 11) is 0. The molecule has 0 aliphatic carbocycles. The summed E-state index contributed by atoms with van der Waals surface area (Å²) in [6.45, 7) is 2.19. The number of carbonyl (C=O) groups excluding carboxylic acids is 1. The first-order chi connectivity index (χ1) is 9.31. The van der Waals surface area contributed by atoms with Gasteiger partial charge in [0, 0.05) is 11.1 Å². The van der Waals surface area contributed by atoms with E-state index in [2.05, 4.69) is 0 Å². The van der Waals surface area contributed by atoms with Gasteiger partial charge in [0.05, 0.1) is 6.61 Å². The van der Waals surface area contributed by atoms with Crippen LogP contribution in [-0.2, 0) is 9.53 Å². The summed E-state index contributed by atoms with van der Waals surface area (Å²) < 4.78 is 11.0. The normalized spacial score (nSPS) is 13.1. The molecule has 19 heavy (non-hydrogen) atoms. The molecule has 0 spiro atoms. The third-order valence-corrected chi connectivity index (χ3v) is 3.20. The van der Waals surface area contributed by atoms with Gasteiger partial charge in [-0.3, -0.25) is 4.79 Å². The fraction of sp³-hybridized carbons (Fsp3) is 0.188. The molecular weight excluding hydrogens is 240 g/mol. The third-order valence-electron chi connectivity index (χ3n) is 3.20. The van der Waals surface area contributed by atoms with Crippen LogP contribution in [0.4, 0.5) is 0 Å². The van der Waals surface area contributed by atoms with Crippen LogP contribution in [-0.4, -0.2) is 12.6 Å². The number of rotatable bonds is 2. The highest BCUT2D eigenvalue weighted by Crippen LogP contribution is 2.44. The van der Waals surface area contributed by atoms with E-state index < -0.39 is 5.92 Å².